The molecule has 2 heterocycles. The van der Waals surface area contributed by atoms with E-state index >= 15 is 0 Å². The van der Waals surface area contributed by atoms with Gasteiger partial charge in [0, 0.05) is 19.7 Å². The SMILES string of the molecule is C=CC(=O)N(Cc1cccc2c1CCOC2)CC1CCOC2(CCC2)C1. The number of hydrogen-bond donors (Lipinski definition) is 0. The van der Waals surface area contributed by atoms with Crippen LogP contribution in [-0.2, 0) is 33.8 Å². The number of hydrogen-bond acceptors (Lipinski definition) is 3. The van der Waals surface area contributed by atoms with Crippen molar-refractivity contribution in [2.75, 3.05) is 19.8 Å². The van der Waals surface area contributed by atoms with E-state index in [0.29, 0.717) is 19.1 Å². The molecule has 4 rings (SSSR count). The second-order valence-corrected chi connectivity index (χ2v) is 8.02. The Balaban J connectivity index is 1.49. The molecule has 1 aliphatic carbocycles. The van der Waals surface area contributed by atoms with E-state index in [4.69, 9.17) is 9.47 Å². The minimum atomic E-state index is 0.0313. The first kappa shape index (κ1) is 17.7. The molecule has 1 saturated carbocycles. The highest BCUT2D eigenvalue weighted by Gasteiger charge is 2.42. The molecule has 4 nitrogen and oxygen atoms in total. The van der Waals surface area contributed by atoms with E-state index in [1.165, 1.54) is 42.0 Å². The number of carbonyl (C=O) groups is 1. The second-order valence-electron chi connectivity index (χ2n) is 8.02. The minimum absolute atomic E-state index is 0.0313. The lowest BCUT2D eigenvalue weighted by molar-refractivity contribution is -0.149. The number of ether oxygens (including phenoxy) is 2. The largest absolute Gasteiger partial charge is 0.376 e. The summed E-state index contributed by atoms with van der Waals surface area (Å²) < 4.78 is 11.6. The molecule has 140 valence electrons. The molecule has 4 heteroatoms. The maximum atomic E-state index is 12.6. The molecule has 0 radical (unpaired) electrons. The van der Waals surface area contributed by atoms with Crippen LogP contribution in [0.2, 0.25) is 0 Å². The topological polar surface area (TPSA) is 38.8 Å². The van der Waals surface area contributed by atoms with Gasteiger partial charge in [0.15, 0.2) is 0 Å². The molecule has 1 aromatic carbocycles. The van der Waals surface area contributed by atoms with Gasteiger partial charge in [0.1, 0.15) is 0 Å². The fourth-order valence-corrected chi connectivity index (χ4v) is 4.73. The molecular weight excluding hydrogens is 326 g/mol. The first-order valence-corrected chi connectivity index (χ1v) is 9.92. The summed E-state index contributed by atoms with van der Waals surface area (Å²) in [5, 5.41) is 0. The van der Waals surface area contributed by atoms with Crippen molar-refractivity contribution in [2.24, 2.45) is 5.92 Å². The third-order valence-electron chi connectivity index (χ3n) is 6.31. The monoisotopic (exact) mass is 355 g/mol. The van der Waals surface area contributed by atoms with Gasteiger partial charge in [-0.3, -0.25) is 4.79 Å². The Labute approximate surface area is 156 Å². The molecule has 1 unspecified atom stereocenters. The van der Waals surface area contributed by atoms with Crippen molar-refractivity contribution < 1.29 is 14.3 Å². The summed E-state index contributed by atoms with van der Waals surface area (Å²) >= 11 is 0. The van der Waals surface area contributed by atoms with Crippen molar-refractivity contribution in [3.05, 3.63) is 47.5 Å². The Bertz CT molecular complexity index is 680. The zero-order valence-electron chi connectivity index (χ0n) is 15.5. The second kappa shape index (κ2) is 7.53. The Morgan fingerprint density at radius 2 is 2.23 bits per heavy atom. The Kier molecular flexibility index (Phi) is 5.14. The summed E-state index contributed by atoms with van der Waals surface area (Å²) in [4.78, 5) is 14.5. The van der Waals surface area contributed by atoms with Gasteiger partial charge in [-0.2, -0.15) is 0 Å². The maximum Gasteiger partial charge on any atom is 0.246 e. The Morgan fingerprint density at radius 3 is 3.00 bits per heavy atom. The van der Waals surface area contributed by atoms with E-state index in [9.17, 15) is 4.79 Å². The summed E-state index contributed by atoms with van der Waals surface area (Å²) in [7, 11) is 0. The van der Waals surface area contributed by atoms with E-state index in [-0.39, 0.29) is 11.5 Å². The summed E-state index contributed by atoms with van der Waals surface area (Å²) in [6.45, 7) is 7.47. The molecule has 1 aromatic rings. The van der Waals surface area contributed by atoms with Crippen molar-refractivity contribution in [2.45, 2.75) is 57.3 Å². The predicted octanol–water partition coefficient (Wildman–Crippen LogP) is 3.62. The van der Waals surface area contributed by atoms with Crippen molar-refractivity contribution >= 4 is 5.91 Å². The Morgan fingerprint density at radius 1 is 1.35 bits per heavy atom. The molecule has 3 aliphatic rings. The Hall–Kier alpha value is -1.65. The smallest absolute Gasteiger partial charge is 0.246 e. The molecule has 1 saturated heterocycles. The molecule has 1 atom stereocenters. The van der Waals surface area contributed by atoms with Crippen LogP contribution >= 0.6 is 0 Å². The highest BCUT2D eigenvalue weighted by atomic mass is 16.5. The van der Waals surface area contributed by atoms with Crippen LogP contribution in [-0.4, -0.2) is 36.2 Å². The van der Waals surface area contributed by atoms with Crippen LogP contribution in [0.4, 0.5) is 0 Å². The highest BCUT2D eigenvalue weighted by Crippen LogP contribution is 2.44. The molecule has 26 heavy (non-hydrogen) atoms. The van der Waals surface area contributed by atoms with Gasteiger partial charge in [-0.1, -0.05) is 24.8 Å². The molecule has 1 amide bonds. The van der Waals surface area contributed by atoms with Gasteiger partial charge < -0.3 is 14.4 Å². The number of benzene rings is 1. The van der Waals surface area contributed by atoms with Crippen LogP contribution in [0.15, 0.2) is 30.9 Å². The summed E-state index contributed by atoms with van der Waals surface area (Å²) in [6, 6.07) is 6.37. The van der Waals surface area contributed by atoms with Gasteiger partial charge in [-0.25, -0.2) is 0 Å². The van der Waals surface area contributed by atoms with E-state index in [0.717, 1.165) is 39.0 Å². The lowest BCUT2D eigenvalue weighted by Gasteiger charge is -2.48. The lowest BCUT2D eigenvalue weighted by atomic mass is 9.72. The average molecular weight is 355 g/mol. The van der Waals surface area contributed by atoms with Gasteiger partial charge in [0.25, 0.3) is 0 Å². The van der Waals surface area contributed by atoms with Crippen LogP contribution < -0.4 is 0 Å². The fourth-order valence-electron chi connectivity index (χ4n) is 4.73. The number of fused-ring (bicyclic) bond motifs is 1. The molecule has 0 aromatic heterocycles. The van der Waals surface area contributed by atoms with Crippen LogP contribution in [0.25, 0.3) is 0 Å². The number of nitrogens with zero attached hydrogens (tertiary/aromatic N) is 1. The normalized spacial score (nSPS) is 23.8. The van der Waals surface area contributed by atoms with Crippen molar-refractivity contribution in [1.29, 1.82) is 0 Å². The fraction of sp³-hybridized carbons (Fsp3) is 0.591. The van der Waals surface area contributed by atoms with Crippen molar-refractivity contribution in [1.82, 2.24) is 4.90 Å². The highest BCUT2D eigenvalue weighted by molar-refractivity contribution is 5.87. The summed E-state index contributed by atoms with van der Waals surface area (Å²) in [6.07, 6.45) is 8.17. The first-order chi connectivity index (χ1) is 12.7. The first-order valence-electron chi connectivity index (χ1n) is 9.92. The van der Waals surface area contributed by atoms with Gasteiger partial charge >= 0.3 is 0 Å². The van der Waals surface area contributed by atoms with Gasteiger partial charge in [0.2, 0.25) is 5.91 Å². The van der Waals surface area contributed by atoms with Gasteiger partial charge in [0.05, 0.1) is 18.8 Å². The number of carbonyl (C=O) groups excluding carboxylic acids is 1. The third-order valence-corrected chi connectivity index (χ3v) is 6.31. The van der Waals surface area contributed by atoms with E-state index in [2.05, 4.69) is 24.8 Å². The molecule has 0 bridgehead atoms. The molecule has 0 N–H and O–H groups in total. The molecule has 2 fully saturated rings. The van der Waals surface area contributed by atoms with Gasteiger partial charge in [-0.05, 0) is 67.2 Å². The summed E-state index contributed by atoms with van der Waals surface area (Å²) in [5.74, 6) is 0.555. The van der Waals surface area contributed by atoms with Crippen molar-refractivity contribution in [3.63, 3.8) is 0 Å². The van der Waals surface area contributed by atoms with E-state index in [1.54, 1.807) is 0 Å². The van der Waals surface area contributed by atoms with Crippen molar-refractivity contribution in [3.8, 4) is 0 Å². The zero-order valence-corrected chi connectivity index (χ0v) is 15.5. The van der Waals surface area contributed by atoms with E-state index < -0.39 is 0 Å². The maximum absolute atomic E-state index is 12.6. The van der Waals surface area contributed by atoms with Gasteiger partial charge in [-0.15, -0.1) is 0 Å². The van der Waals surface area contributed by atoms with Crippen LogP contribution in [0.5, 0.6) is 0 Å². The van der Waals surface area contributed by atoms with Crippen LogP contribution in [0.3, 0.4) is 0 Å². The average Bonchev–Trinajstić information content (AvgIpc) is 2.66. The third kappa shape index (κ3) is 3.58. The van der Waals surface area contributed by atoms with Crippen LogP contribution in [0.1, 0.15) is 48.8 Å². The van der Waals surface area contributed by atoms with E-state index in [1.807, 2.05) is 4.90 Å². The minimum Gasteiger partial charge on any atom is -0.376 e. The standard InChI is InChI=1S/C22H29NO3/c1-2-21(24)23(14-17-7-12-26-22(13-17)9-4-10-22)15-18-5-3-6-19-16-25-11-8-20(18)19/h2-3,5-6,17H,1,4,7-16H2. The predicted molar refractivity (Wildman–Crippen MR) is 101 cm³/mol. The number of amides is 1. The quantitative estimate of drug-likeness (QED) is 0.757. The summed E-state index contributed by atoms with van der Waals surface area (Å²) in [5.41, 5.74) is 4.00. The molecule has 2 aliphatic heterocycles. The van der Waals surface area contributed by atoms with Crippen LogP contribution in [0, 0.1) is 5.92 Å². The number of rotatable bonds is 5. The zero-order chi connectivity index (χ0) is 18.0. The molecule has 1 spiro atoms. The lowest BCUT2D eigenvalue weighted by Crippen LogP contribution is -2.48. The molecular formula is C22H29NO3.